The van der Waals surface area contributed by atoms with Gasteiger partial charge < -0.3 is 10.1 Å². The van der Waals surface area contributed by atoms with Crippen molar-refractivity contribution in [3.05, 3.63) is 63.9 Å². The molecule has 1 N–H and O–H groups in total. The number of hydrogen-bond donors (Lipinski definition) is 1. The lowest BCUT2D eigenvalue weighted by Crippen LogP contribution is -2.05. The zero-order valence-corrected chi connectivity index (χ0v) is 12.4. The molecular weight excluding hydrogens is 325 g/mol. The van der Waals surface area contributed by atoms with Gasteiger partial charge >= 0.3 is 5.97 Å². The van der Waals surface area contributed by atoms with E-state index >= 15 is 0 Å². The minimum absolute atomic E-state index is 0.271. The largest absolute Gasteiger partial charge is 0.465 e. The van der Waals surface area contributed by atoms with Crippen molar-refractivity contribution in [1.29, 1.82) is 0 Å². The van der Waals surface area contributed by atoms with Crippen molar-refractivity contribution in [3.63, 3.8) is 0 Å². The zero-order valence-electron chi connectivity index (χ0n) is 10.8. The predicted octanol–water partition coefficient (Wildman–Crippen LogP) is 3.99. The van der Waals surface area contributed by atoms with E-state index in [-0.39, 0.29) is 5.69 Å². The summed E-state index contributed by atoms with van der Waals surface area (Å²) in [5, 5.41) is 2.97. The fraction of sp³-hybridized carbons (Fsp3) is 0.133. The van der Waals surface area contributed by atoms with E-state index in [0.717, 1.165) is 10.0 Å². The summed E-state index contributed by atoms with van der Waals surface area (Å²) in [6.45, 7) is 0.459. The van der Waals surface area contributed by atoms with Gasteiger partial charge in [-0.15, -0.1) is 0 Å². The number of ether oxygens (including phenoxy) is 1. The molecule has 2 rings (SSSR count). The van der Waals surface area contributed by atoms with Gasteiger partial charge in [0.25, 0.3) is 0 Å². The number of anilines is 1. The summed E-state index contributed by atoms with van der Waals surface area (Å²) in [6.07, 6.45) is 0. The van der Waals surface area contributed by atoms with Gasteiger partial charge in [0.15, 0.2) is 0 Å². The predicted molar refractivity (Wildman–Crippen MR) is 79.2 cm³/mol. The van der Waals surface area contributed by atoms with Gasteiger partial charge in [-0.25, -0.2) is 9.18 Å². The van der Waals surface area contributed by atoms with Crippen LogP contribution in [0.4, 0.5) is 10.1 Å². The third-order valence-corrected chi connectivity index (χ3v) is 3.25. The third kappa shape index (κ3) is 3.57. The first-order chi connectivity index (χ1) is 9.60. The Balaban J connectivity index is 2.14. The number of benzene rings is 2. The molecule has 20 heavy (non-hydrogen) atoms. The van der Waals surface area contributed by atoms with Gasteiger partial charge in [-0.05, 0) is 35.9 Å². The average molecular weight is 338 g/mol. The highest BCUT2D eigenvalue weighted by Gasteiger charge is 2.09. The van der Waals surface area contributed by atoms with Crippen molar-refractivity contribution in [3.8, 4) is 0 Å². The molecule has 0 fully saturated rings. The maximum atomic E-state index is 13.7. The molecule has 0 spiro atoms. The maximum absolute atomic E-state index is 13.7. The fourth-order valence-electron chi connectivity index (χ4n) is 1.75. The number of hydrogen-bond acceptors (Lipinski definition) is 3. The highest BCUT2D eigenvalue weighted by Crippen LogP contribution is 2.19. The Kier molecular flexibility index (Phi) is 4.74. The Morgan fingerprint density at radius 1 is 1.30 bits per heavy atom. The highest BCUT2D eigenvalue weighted by atomic mass is 79.9. The molecule has 0 saturated heterocycles. The van der Waals surface area contributed by atoms with Crippen molar-refractivity contribution in [2.45, 2.75) is 6.54 Å². The van der Waals surface area contributed by atoms with Gasteiger partial charge in [0, 0.05) is 11.0 Å². The van der Waals surface area contributed by atoms with Crippen LogP contribution in [-0.2, 0) is 11.3 Å². The second-order valence-corrected chi connectivity index (χ2v) is 5.09. The normalized spacial score (nSPS) is 10.2. The molecule has 0 radical (unpaired) electrons. The van der Waals surface area contributed by atoms with Gasteiger partial charge in [-0.1, -0.05) is 28.1 Å². The van der Waals surface area contributed by atoms with Gasteiger partial charge in [-0.2, -0.15) is 0 Å². The third-order valence-electron chi connectivity index (χ3n) is 2.76. The van der Waals surface area contributed by atoms with E-state index in [1.807, 2.05) is 24.3 Å². The van der Waals surface area contributed by atoms with Crippen LogP contribution in [0.5, 0.6) is 0 Å². The Bertz CT molecular complexity index is 631. The molecule has 0 aliphatic carbocycles. The molecule has 0 heterocycles. The molecule has 0 aliphatic rings. The molecule has 0 atom stereocenters. The molecular formula is C15H13BrFNO2. The van der Waals surface area contributed by atoms with Gasteiger partial charge in [-0.3, -0.25) is 0 Å². The highest BCUT2D eigenvalue weighted by molar-refractivity contribution is 9.10. The number of carbonyl (C=O) groups excluding carboxylic acids is 1. The lowest BCUT2D eigenvalue weighted by molar-refractivity contribution is 0.0600. The Labute approximate surface area is 124 Å². The minimum atomic E-state index is -0.490. The topological polar surface area (TPSA) is 38.3 Å². The first kappa shape index (κ1) is 14.5. The molecule has 0 unspecified atom stereocenters. The SMILES string of the molecule is COC(=O)c1ccc(F)c(NCc2cccc(Br)c2)c1. The van der Waals surface area contributed by atoms with E-state index in [2.05, 4.69) is 26.0 Å². The number of halogens is 2. The quantitative estimate of drug-likeness (QED) is 0.857. The second kappa shape index (κ2) is 6.52. The lowest BCUT2D eigenvalue weighted by atomic mass is 10.1. The smallest absolute Gasteiger partial charge is 0.337 e. The fourth-order valence-corrected chi connectivity index (χ4v) is 2.20. The minimum Gasteiger partial charge on any atom is -0.465 e. The summed E-state index contributed by atoms with van der Waals surface area (Å²) in [4.78, 5) is 11.4. The summed E-state index contributed by atoms with van der Waals surface area (Å²) in [5.41, 5.74) is 1.58. The Morgan fingerprint density at radius 2 is 2.10 bits per heavy atom. The Hall–Kier alpha value is -1.88. The van der Waals surface area contributed by atoms with Crippen LogP contribution >= 0.6 is 15.9 Å². The zero-order chi connectivity index (χ0) is 14.5. The van der Waals surface area contributed by atoms with E-state index in [1.165, 1.54) is 25.3 Å². The van der Waals surface area contributed by atoms with Crippen LogP contribution in [0, 0.1) is 5.82 Å². The van der Waals surface area contributed by atoms with Crippen molar-refractivity contribution < 1.29 is 13.9 Å². The van der Waals surface area contributed by atoms with E-state index in [9.17, 15) is 9.18 Å². The molecule has 0 amide bonds. The Morgan fingerprint density at radius 3 is 2.80 bits per heavy atom. The molecule has 0 aromatic heterocycles. The molecule has 0 bridgehead atoms. The molecule has 5 heteroatoms. The molecule has 3 nitrogen and oxygen atoms in total. The standard InChI is InChI=1S/C15H13BrFNO2/c1-20-15(19)11-5-6-13(17)14(8-11)18-9-10-3-2-4-12(16)7-10/h2-8,18H,9H2,1H3. The number of rotatable bonds is 4. The van der Waals surface area contributed by atoms with E-state index in [4.69, 9.17) is 0 Å². The number of esters is 1. The summed E-state index contributed by atoms with van der Waals surface area (Å²) in [5.74, 6) is -0.900. The first-order valence-electron chi connectivity index (χ1n) is 5.96. The van der Waals surface area contributed by atoms with Gasteiger partial charge in [0.1, 0.15) is 5.82 Å². The van der Waals surface area contributed by atoms with Gasteiger partial charge in [0.2, 0.25) is 0 Å². The van der Waals surface area contributed by atoms with Crippen molar-refractivity contribution in [2.75, 3.05) is 12.4 Å². The van der Waals surface area contributed by atoms with Crippen LogP contribution in [-0.4, -0.2) is 13.1 Å². The first-order valence-corrected chi connectivity index (χ1v) is 6.75. The van der Waals surface area contributed by atoms with Crippen LogP contribution in [0.15, 0.2) is 46.9 Å². The summed E-state index contributed by atoms with van der Waals surface area (Å²) in [7, 11) is 1.29. The monoisotopic (exact) mass is 337 g/mol. The van der Waals surface area contributed by atoms with E-state index < -0.39 is 11.8 Å². The molecule has 2 aromatic rings. The summed E-state index contributed by atoms with van der Waals surface area (Å²) < 4.78 is 19.3. The van der Waals surface area contributed by atoms with Crippen molar-refractivity contribution in [2.24, 2.45) is 0 Å². The average Bonchev–Trinajstić information content (AvgIpc) is 2.45. The van der Waals surface area contributed by atoms with Crippen LogP contribution in [0.25, 0.3) is 0 Å². The van der Waals surface area contributed by atoms with Crippen LogP contribution in [0.1, 0.15) is 15.9 Å². The number of methoxy groups -OCH3 is 1. The van der Waals surface area contributed by atoms with Crippen LogP contribution in [0.2, 0.25) is 0 Å². The summed E-state index contributed by atoms with van der Waals surface area (Å²) >= 11 is 3.38. The van der Waals surface area contributed by atoms with Crippen LogP contribution in [0.3, 0.4) is 0 Å². The molecule has 0 saturated carbocycles. The lowest BCUT2D eigenvalue weighted by Gasteiger charge is -2.09. The van der Waals surface area contributed by atoms with E-state index in [0.29, 0.717) is 12.1 Å². The summed E-state index contributed by atoms with van der Waals surface area (Å²) in [6, 6.07) is 11.8. The van der Waals surface area contributed by atoms with Gasteiger partial charge in [0.05, 0.1) is 18.4 Å². The molecule has 0 aliphatic heterocycles. The maximum Gasteiger partial charge on any atom is 0.337 e. The second-order valence-electron chi connectivity index (χ2n) is 4.17. The van der Waals surface area contributed by atoms with Crippen molar-refractivity contribution >= 4 is 27.6 Å². The number of carbonyl (C=O) groups is 1. The molecule has 2 aromatic carbocycles. The molecule has 104 valence electrons. The van der Waals surface area contributed by atoms with Crippen molar-refractivity contribution in [1.82, 2.24) is 0 Å². The number of nitrogens with one attached hydrogen (secondary N) is 1. The van der Waals surface area contributed by atoms with Crippen LogP contribution < -0.4 is 5.32 Å². The van der Waals surface area contributed by atoms with E-state index in [1.54, 1.807) is 0 Å².